The van der Waals surface area contributed by atoms with Crippen LogP contribution in [0, 0.1) is 0 Å². The van der Waals surface area contributed by atoms with Crippen molar-refractivity contribution in [3.63, 3.8) is 0 Å². The van der Waals surface area contributed by atoms with Gasteiger partial charge in [0.05, 0.1) is 12.6 Å². The monoisotopic (exact) mass is 282 g/mol. The van der Waals surface area contributed by atoms with Gasteiger partial charge in [0, 0.05) is 6.54 Å². The zero-order valence-electron chi connectivity index (χ0n) is 12.3. The third-order valence-electron chi connectivity index (χ3n) is 2.79. The number of aromatic hydroxyl groups is 1. The number of hydrogen-bond acceptors (Lipinski definition) is 4. The van der Waals surface area contributed by atoms with E-state index in [2.05, 4.69) is 5.43 Å². The molecule has 0 atom stereocenters. The lowest BCUT2D eigenvalue weighted by Crippen LogP contribution is -2.53. The summed E-state index contributed by atoms with van der Waals surface area (Å²) < 4.78 is 5.03. The molecule has 0 aromatic heterocycles. The third kappa shape index (κ3) is 4.31. The van der Waals surface area contributed by atoms with Crippen molar-refractivity contribution in [2.75, 3.05) is 13.7 Å². The molecule has 0 saturated carbocycles. The summed E-state index contributed by atoms with van der Waals surface area (Å²) in [6.45, 7) is 5.92. The number of hydrazine groups is 1. The lowest BCUT2D eigenvalue weighted by molar-refractivity contribution is 0.0648. The largest absolute Gasteiger partial charge is 0.504 e. The van der Waals surface area contributed by atoms with E-state index in [-0.39, 0.29) is 5.75 Å². The minimum absolute atomic E-state index is 0.0889. The zero-order valence-corrected chi connectivity index (χ0v) is 12.3. The van der Waals surface area contributed by atoms with Crippen molar-refractivity contribution in [1.82, 2.24) is 10.4 Å². The number of carboxylic acid groups (broad SMARTS) is 1. The van der Waals surface area contributed by atoms with Crippen molar-refractivity contribution in [2.45, 2.75) is 32.7 Å². The highest BCUT2D eigenvalue weighted by atomic mass is 16.5. The predicted molar refractivity (Wildman–Crippen MR) is 76.0 cm³/mol. The molecular formula is C14H22N2O4. The number of hydrogen-bond donors (Lipinski definition) is 3. The first kappa shape index (κ1) is 16.1. The van der Waals surface area contributed by atoms with E-state index >= 15 is 0 Å². The summed E-state index contributed by atoms with van der Waals surface area (Å²) in [6, 6.07) is 5.08. The number of methoxy groups -OCH3 is 1. The van der Waals surface area contributed by atoms with E-state index in [0.29, 0.717) is 18.7 Å². The molecule has 0 radical (unpaired) electrons. The van der Waals surface area contributed by atoms with Crippen LogP contribution < -0.4 is 10.2 Å². The number of ether oxygens (including phenoxy) is 1. The number of benzene rings is 1. The summed E-state index contributed by atoms with van der Waals surface area (Å²) >= 11 is 0. The molecule has 0 aliphatic rings. The summed E-state index contributed by atoms with van der Waals surface area (Å²) in [7, 11) is 1.49. The first-order valence-corrected chi connectivity index (χ1v) is 6.38. The summed E-state index contributed by atoms with van der Waals surface area (Å²) in [4.78, 5) is 11.1. The lowest BCUT2D eigenvalue weighted by Gasteiger charge is -2.33. The van der Waals surface area contributed by atoms with E-state index in [0.717, 1.165) is 5.56 Å². The Labute approximate surface area is 118 Å². The molecular weight excluding hydrogens is 260 g/mol. The van der Waals surface area contributed by atoms with Gasteiger partial charge in [-0.1, -0.05) is 6.07 Å². The van der Waals surface area contributed by atoms with E-state index in [1.165, 1.54) is 12.1 Å². The molecule has 112 valence electrons. The minimum atomic E-state index is -1.01. The van der Waals surface area contributed by atoms with Crippen LogP contribution in [0.3, 0.4) is 0 Å². The van der Waals surface area contributed by atoms with Gasteiger partial charge in [0.15, 0.2) is 11.5 Å². The van der Waals surface area contributed by atoms with Crippen molar-refractivity contribution >= 4 is 6.09 Å². The van der Waals surface area contributed by atoms with Crippen molar-refractivity contribution in [3.05, 3.63) is 23.8 Å². The molecule has 0 heterocycles. The van der Waals surface area contributed by atoms with Crippen LogP contribution in [0.5, 0.6) is 11.5 Å². The Morgan fingerprint density at radius 1 is 1.40 bits per heavy atom. The van der Waals surface area contributed by atoms with Crippen LogP contribution in [-0.4, -0.2) is 40.5 Å². The smallest absolute Gasteiger partial charge is 0.422 e. The maximum Gasteiger partial charge on any atom is 0.422 e. The number of nitrogens with zero attached hydrogens (tertiary/aromatic N) is 1. The van der Waals surface area contributed by atoms with Gasteiger partial charge in [-0.15, -0.1) is 0 Å². The Kier molecular flexibility index (Phi) is 5.21. The van der Waals surface area contributed by atoms with Crippen molar-refractivity contribution in [2.24, 2.45) is 0 Å². The van der Waals surface area contributed by atoms with Crippen LogP contribution in [-0.2, 0) is 6.42 Å². The van der Waals surface area contributed by atoms with Crippen molar-refractivity contribution in [1.29, 1.82) is 0 Å². The van der Waals surface area contributed by atoms with E-state index in [4.69, 9.17) is 9.84 Å². The van der Waals surface area contributed by atoms with Crippen molar-refractivity contribution < 1.29 is 19.7 Å². The highest BCUT2D eigenvalue weighted by molar-refractivity contribution is 5.65. The molecule has 1 rings (SSSR count). The Morgan fingerprint density at radius 2 is 2.05 bits per heavy atom. The molecule has 6 heteroatoms. The van der Waals surface area contributed by atoms with Gasteiger partial charge >= 0.3 is 6.09 Å². The van der Waals surface area contributed by atoms with Gasteiger partial charge in [-0.3, -0.25) is 0 Å². The second kappa shape index (κ2) is 6.47. The molecule has 0 bridgehead atoms. The molecule has 0 fully saturated rings. The highest BCUT2D eigenvalue weighted by Gasteiger charge is 2.25. The molecule has 1 amide bonds. The summed E-state index contributed by atoms with van der Waals surface area (Å²) in [5.74, 6) is 0.500. The number of phenols is 1. The Bertz CT molecular complexity index is 469. The fourth-order valence-electron chi connectivity index (χ4n) is 1.78. The van der Waals surface area contributed by atoms with Crippen LogP contribution in [0.2, 0.25) is 0 Å². The zero-order chi connectivity index (χ0) is 15.3. The molecule has 6 nitrogen and oxygen atoms in total. The molecule has 0 aliphatic carbocycles. The predicted octanol–water partition coefficient (Wildman–Crippen LogP) is 2.23. The Balaban J connectivity index is 2.61. The van der Waals surface area contributed by atoms with Gasteiger partial charge in [0.25, 0.3) is 0 Å². The standard InChI is InChI=1S/C14H22N2O4/c1-14(2,3)16(13(18)19)15-8-7-10-5-6-11(17)12(9-10)20-4/h5-6,9,15,17H,7-8H2,1-4H3,(H,18,19). The van der Waals surface area contributed by atoms with E-state index in [1.807, 2.05) is 20.8 Å². The van der Waals surface area contributed by atoms with Gasteiger partial charge < -0.3 is 14.9 Å². The highest BCUT2D eigenvalue weighted by Crippen LogP contribution is 2.26. The van der Waals surface area contributed by atoms with Gasteiger partial charge in [-0.25, -0.2) is 15.2 Å². The molecule has 0 unspecified atom stereocenters. The first-order valence-electron chi connectivity index (χ1n) is 6.38. The topological polar surface area (TPSA) is 82.0 Å². The maximum atomic E-state index is 11.1. The summed E-state index contributed by atoms with van der Waals surface area (Å²) in [6.07, 6.45) is -0.392. The van der Waals surface area contributed by atoms with Crippen LogP contribution in [0.15, 0.2) is 18.2 Å². The average Bonchev–Trinajstić information content (AvgIpc) is 2.34. The van der Waals surface area contributed by atoms with E-state index in [1.54, 1.807) is 18.2 Å². The number of rotatable bonds is 5. The maximum absolute atomic E-state index is 11.1. The molecule has 0 aliphatic heterocycles. The van der Waals surface area contributed by atoms with Gasteiger partial charge in [0.2, 0.25) is 0 Å². The van der Waals surface area contributed by atoms with Crippen molar-refractivity contribution in [3.8, 4) is 11.5 Å². The summed E-state index contributed by atoms with van der Waals surface area (Å²) in [5.41, 5.74) is 3.33. The number of carbonyl (C=O) groups is 1. The van der Waals surface area contributed by atoms with Gasteiger partial charge in [-0.05, 0) is 44.9 Å². The van der Waals surface area contributed by atoms with E-state index < -0.39 is 11.6 Å². The fraction of sp³-hybridized carbons (Fsp3) is 0.500. The Hall–Kier alpha value is -1.95. The molecule has 20 heavy (non-hydrogen) atoms. The number of phenolic OH excluding ortho intramolecular Hbond substituents is 1. The van der Waals surface area contributed by atoms with Crippen LogP contribution in [0.1, 0.15) is 26.3 Å². The number of amides is 1. The summed E-state index contributed by atoms with van der Waals surface area (Å²) in [5, 5.41) is 19.8. The fourth-order valence-corrected chi connectivity index (χ4v) is 1.78. The quantitative estimate of drug-likeness (QED) is 0.721. The SMILES string of the molecule is COc1cc(CCNN(C(=O)O)C(C)(C)C)ccc1O. The van der Waals surface area contributed by atoms with E-state index in [9.17, 15) is 9.90 Å². The molecule has 1 aromatic rings. The minimum Gasteiger partial charge on any atom is -0.504 e. The first-order chi connectivity index (χ1) is 9.25. The lowest BCUT2D eigenvalue weighted by atomic mass is 10.1. The normalized spacial score (nSPS) is 11.2. The van der Waals surface area contributed by atoms with Gasteiger partial charge in [-0.2, -0.15) is 0 Å². The average molecular weight is 282 g/mol. The molecule has 0 saturated heterocycles. The second-order valence-electron chi connectivity index (χ2n) is 5.45. The third-order valence-corrected chi connectivity index (χ3v) is 2.79. The molecule has 1 aromatic carbocycles. The molecule has 3 N–H and O–H groups in total. The van der Waals surface area contributed by atoms with Crippen LogP contribution >= 0.6 is 0 Å². The van der Waals surface area contributed by atoms with Gasteiger partial charge in [0.1, 0.15) is 0 Å². The Morgan fingerprint density at radius 3 is 2.55 bits per heavy atom. The number of nitrogens with one attached hydrogen (secondary N) is 1. The van der Waals surface area contributed by atoms with Crippen LogP contribution in [0.25, 0.3) is 0 Å². The van der Waals surface area contributed by atoms with Crippen LogP contribution in [0.4, 0.5) is 4.79 Å². The molecule has 0 spiro atoms. The second-order valence-corrected chi connectivity index (χ2v) is 5.45.